The Kier molecular flexibility index (Phi) is 6.48. The highest BCUT2D eigenvalue weighted by Crippen LogP contribution is 2.45. The van der Waals surface area contributed by atoms with E-state index in [1.165, 1.54) is 41.5 Å². The third-order valence-electron chi connectivity index (χ3n) is 5.39. The van der Waals surface area contributed by atoms with Gasteiger partial charge in [-0.15, -0.1) is 0 Å². The molecule has 196 valence electrons. The minimum atomic E-state index is -5.86. The van der Waals surface area contributed by atoms with Crippen LogP contribution in [0.25, 0.3) is 6.08 Å². The number of nitrogens with zero attached hydrogens (tertiary/aromatic N) is 2. The summed E-state index contributed by atoms with van der Waals surface area (Å²) in [5.74, 6) is -6.73. The molecule has 1 aliphatic rings. The number of aromatic nitrogens is 1. The van der Waals surface area contributed by atoms with Crippen LogP contribution in [0.2, 0.25) is 0 Å². The Labute approximate surface area is 206 Å². The summed E-state index contributed by atoms with van der Waals surface area (Å²) in [6.45, 7) is 3.85. The van der Waals surface area contributed by atoms with Crippen molar-refractivity contribution in [2.45, 2.75) is 23.4 Å². The predicted molar refractivity (Wildman–Crippen MR) is 122 cm³/mol. The first-order valence-corrected chi connectivity index (χ1v) is 11.8. The first kappa shape index (κ1) is 26.1. The Morgan fingerprint density at radius 3 is 2.43 bits per heavy atom. The molecule has 1 aromatic heterocycles. The van der Waals surface area contributed by atoms with E-state index in [2.05, 4.69) is 21.0 Å². The molecule has 0 amide bonds. The summed E-state index contributed by atoms with van der Waals surface area (Å²) in [5.41, 5.74) is -0.0212. The van der Waals surface area contributed by atoms with Crippen molar-refractivity contribution in [3.63, 3.8) is 0 Å². The second kappa shape index (κ2) is 9.18. The van der Waals surface area contributed by atoms with E-state index in [0.717, 1.165) is 19.2 Å². The quantitative estimate of drug-likeness (QED) is 0.365. The minimum absolute atomic E-state index is 0.0420. The molecule has 0 atom stereocenters. The summed E-state index contributed by atoms with van der Waals surface area (Å²) in [6, 6.07) is 6.78. The molecule has 2 heterocycles. The molecule has 1 aliphatic heterocycles. The summed E-state index contributed by atoms with van der Waals surface area (Å²) in [4.78, 5) is 1.21. The van der Waals surface area contributed by atoms with Gasteiger partial charge in [0.05, 0.1) is 23.4 Å². The molecule has 0 fully saturated rings. The van der Waals surface area contributed by atoms with E-state index in [1.54, 1.807) is 6.08 Å². The van der Waals surface area contributed by atoms with Crippen LogP contribution in [0.1, 0.15) is 11.1 Å². The molecule has 0 unspecified atom stereocenters. The number of sulfonamides is 1. The number of methoxy groups -OCH3 is 1. The number of hydrogen-bond acceptors (Lipinski definition) is 6. The van der Waals surface area contributed by atoms with Crippen molar-refractivity contribution in [1.82, 2.24) is 5.16 Å². The first-order chi connectivity index (χ1) is 17.2. The second-order valence-corrected chi connectivity index (χ2v) is 9.55. The van der Waals surface area contributed by atoms with Gasteiger partial charge in [-0.3, -0.25) is 4.72 Å². The number of halogens is 6. The number of benzene rings is 2. The van der Waals surface area contributed by atoms with E-state index in [4.69, 9.17) is 4.74 Å². The summed E-state index contributed by atoms with van der Waals surface area (Å²) in [7, 11) is -2.93. The van der Waals surface area contributed by atoms with E-state index in [0.29, 0.717) is 11.3 Å². The van der Waals surface area contributed by atoms with Crippen molar-refractivity contribution in [1.29, 1.82) is 0 Å². The van der Waals surface area contributed by atoms with Crippen molar-refractivity contribution in [3.8, 4) is 5.75 Å². The fourth-order valence-electron chi connectivity index (χ4n) is 3.60. The Morgan fingerprint density at radius 2 is 1.81 bits per heavy atom. The molecular weight excluding hydrogens is 528 g/mol. The van der Waals surface area contributed by atoms with E-state index >= 15 is 0 Å². The molecule has 2 aromatic carbocycles. The van der Waals surface area contributed by atoms with Crippen LogP contribution in [0.4, 0.5) is 43.5 Å². The van der Waals surface area contributed by atoms with Gasteiger partial charge in [-0.2, -0.15) is 22.0 Å². The average Bonchev–Trinajstić information content (AvgIpc) is 3.31. The van der Waals surface area contributed by atoms with Gasteiger partial charge < -0.3 is 14.2 Å². The molecule has 0 saturated carbocycles. The molecule has 3 aromatic rings. The van der Waals surface area contributed by atoms with Crippen molar-refractivity contribution in [2.24, 2.45) is 0 Å². The first-order valence-electron chi connectivity index (χ1n) is 10.3. The zero-order valence-corrected chi connectivity index (χ0v) is 19.6. The van der Waals surface area contributed by atoms with Crippen LogP contribution < -0.4 is 14.4 Å². The van der Waals surface area contributed by atoms with Gasteiger partial charge in [0.25, 0.3) is 10.0 Å². The van der Waals surface area contributed by atoms with Crippen LogP contribution in [0.3, 0.4) is 0 Å². The van der Waals surface area contributed by atoms with Crippen LogP contribution in [0.5, 0.6) is 5.75 Å². The number of rotatable bonds is 7. The monoisotopic (exact) mass is 545 g/mol. The molecule has 0 spiro atoms. The van der Waals surface area contributed by atoms with Crippen LogP contribution in [0, 0.1) is 5.82 Å². The number of ether oxygens (including phenoxy) is 1. The number of anilines is 3. The van der Waals surface area contributed by atoms with Crippen molar-refractivity contribution < 1.29 is 44.0 Å². The third-order valence-corrected chi connectivity index (χ3v) is 6.74. The number of allylic oxidation sites excluding steroid dienone is 1. The number of fused-ring (bicyclic) bond motifs is 1. The van der Waals surface area contributed by atoms with Crippen LogP contribution in [-0.4, -0.2) is 32.8 Å². The highest BCUT2D eigenvalue weighted by molar-refractivity contribution is 7.92. The zero-order valence-electron chi connectivity index (χ0n) is 18.8. The maximum absolute atomic E-state index is 14.8. The largest absolute Gasteiger partial charge is 0.495 e. The lowest BCUT2D eigenvalue weighted by Crippen LogP contribution is -2.38. The summed E-state index contributed by atoms with van der Waals surface area (Å²) >= 11 is 0. The number of nitrogens with one attached hydrogen (secondary N) is 1. The van der Waals surface area contributed by atoms with Crippen LogP contribution in [0.15, 0.2) is 70.4 Å². The predicted octanol–water partition coefficient (Wildman–Crippen LogP) is 6.04. The van der Waals surface area contributed by atoms with Gasteiger partial charge in [-0.25, -0.2) is 12.8 Å². The normalized spacial score (nSPS) is 14.0. The van der Waals surface area contributed by atoms with E-state index < -0.39 is 39.9 Å². The maximum atomic E-state index is 14.8. The van der Waals surface area contributed by atoms with E-state index in [-0.39, 0.29) is 27.8 Å². The van der Waals surface area contributed by atoms with Gasteiger partial charge in [0.1, 0.15) is 17.8 Å². The summed E-state index contributed by atoms with van der Waals surface area (Å²) in [6.07, 6.45) is -3.58. The fourth-order valence-corrected chi connectivity index (χ4v) is 4.62. The number of hydrogen-bond donors (Lipinski definition) is 1. The molecule has 7 nitrogen and oxygen atoms in total. The van der Waals surface area contributed by atoms with Gasteiger partial charge in [0.15, 0.2) is 5.82 Å². The van der Waals surface area contributed by atoms with E-state index in [1.807, 2.05) is 0 Å². The standard InChI is InChI=1S/C23H17F6N3O4S/c1-13-3-4-14-9-16(37(33,34)31-21-7-8-36-30-21)5-6-18(14)32(13)19-11-17(24)15(10-20(19)35-2)12-22(25,26)23(27,28)29/h3-11H,1,12H2,2H3,(H,30,31). The average molecular weight is 545 g/mol. The third kappa shape index (κ3) is 5.01. The highest BCUT2D eigenvalue weighted by Gasteiger charge is 2.57. The minimum Gasteiger partial charge on any atom is -0.495 e. The van der Waals surface area contributed by atoms with Gasteiger partial charge in [-0.1, -0.05) is 17.8 Å². The smallest absolute Gasteiger partial charge is 0.453 e. The Balaban J connectivity index is 1.74. The lowest BCUT2D eigenvalue weighted by atomic mass is 10.0. The van der Waals surface area contributed by atoms with E-state index in [9.17, 15) is 34.8 Å². The second-order valence-electron chi connectivity index (χ2n) is 7.87. The Bertz CT molecular complexity index is 1480. The molecule has 0 saturated heterocycles. The van der Waals surface area contributed by atoms with Gasteiger partial charge in [0.2, 0.25) is 0 Å². The lowest BCUT2D eigenvalue weighted by Gasteiger charge is -2.31. The fraction of sp³-hybridized carbons (Fsp3) is 0.174. The molecule has 4 rings (SSSR count). The Morgan fingerprint density at radius 1 is 1.08 bits per heavy atom. The van der Waals surface area contributed by atoms with Gasteiger partial charge in [-0.05, 0) is 41.5 Å². The van der Waals surface area contributed by atoms with Crippen molar-refractivity contribution >= 4 is 33.3 Å². The number of alkyl halides is 5. The van der Waals surface area contributed by atoms with Crippen molar-refractivity contribution in [3.05, 3.63) is 78.0 Å². The molecule has 1 N–H and O–H groups in total. The zero-order chi connectivity index (χ0) is 27.2. The molecule has 14 heteroatoms. The molecule has 0 bridgehead atoms. The Hall–Kier alpha value is -3.94. The van der Waals surface area contributed by atoms with Crippen LogP contribution in [-0.2, 0) is 16.4 Å². The topological polar surface area (TPSA) is 84.7 Å². The van der Waals surface area contributed by atoms with Crippen molar-refractivity contribution in [2.75, 3.05) is 16.7 Å². The summed E-state index contributed by atoms with van der Waals surface area (Å²) in [5, 5.41) is 3.49. The van der Waals surface area contributed by atoms with Gasteiger partial charge >= 0.3 is 12.1 Å². The SMILES string of the molecule is C=C1C=Cc2cc(S(=O)(=O)Nc3ccon3)ccc2N1c1cc(F)c(CC(F)(F)C(F)(F)F)cc1OC. The van der Waals surface area contributed by atoms with Crippen LogP contribution >= 0.6 is 0 Å². The molecule has 37 heavy (non-hydrogen) atoms. The van der Waals surface area contributed by atoms with Gasteiger partial charge in [0, 0.05) is 24.3 Å². The summed E-state index contributed by atoms with van der Waals surface area (Å²) < 4.78 is 117. The maximum Gasteiger partial charge on any atom is 0.453 e. The highest BCUT2D eigenvalue weighted by atomic mass is 32.2. The molecular formula is C23H17F6N3O4S. The molecule has 0 radical (unpaired) electrons. The lowest BCUT2D eigenvalue weighted by molar-refractivity contribution is -0.281. The molecule has 0 aliphatic carbocycles.